The Balaban J connectivity index is 2.62. The van der Waals surface area contributed by atoms with Crippen molar-refractivity contribution in [3.8, 4) is 0 Å². The van der Waals surface area contributed by atoms with Crippen LogP contribution in [-0.4, -0.2) is 51.3 Å². The number of carbonyl (C=O) groups is 2. The first-order valence-electron chi connectivity index (χ1n) is 8.53. The Morgan fingerprint density at radius 2 is 1.81 bits per heavy atom. The fourth-order valence-electron chi connectivity index (χ4n) is 2.18. The predicted octanol–water partition coefficient (Wildman–Crippen LogP) is 2.03. The number of hydrogen-bond donors (Lipinski definition) is 1. The van der Waals surface area contributed by atoms with Gasteiger partial charge in [-0.3, -0.25) is 4.79 Å². The van der Waals surface area contributed by atoms with Crippen LogP contribution < -0.4 is 5.32 Å². The lowest BCUT2D eigenvalue weighted by atomic mass is 10.0. The molecule has 1 N–H and O–H groups in total. The summed E-state index contributed by atoms with van der Waals surface area (Å²) in [5.74, 6) is -0.574. The van der Waals surface area contributed by atoms with Crippen LogP contribution in [0.2, 0.25) is 0 Å². The van der Waals surface area contributed by atoms with Crippen LogP contribution >= 0.6 is 0 Å². The highest BCUT2D eigenvalue weighted by Gasteiger charge is 2.19. The van der Waals surface area contributed by atoms with Crippen molar-refractivity contribution < 1.29 is 22.7 Å². The lowest BCUT2D eigenvalue weighted by Gasteiger charge is -2.15. The van der Waals surface area contributed by atoms with Gasteiger partial charge in [-0.15, -0.1) is 0 Å². The number of benzene rings is 1. The molecule has 0 spiro atoms. The smallest absolute Gasteiger partial charge is 0.338 e. The molecule has 1 aromatic carbocycles. The zero-order valence-electron chi connectivity index (χ0n) is 16.0. The van der Waals surface area contributed by atoms with Crippen molar-refractivity contribution in [2.75, 3.05) is 20.7 Å². The second-order valence-corrected chi connectivity index (χ2v) is 8.98. The van der Waals surface area contributed by atoms with Gasteiger partial charge in [-0.1, -0.05) is 19.9 Å². The van der Waals surface area contributed by atoms with Gasteiger partial charge in [0.15, 0.2) is 6.61 Å². The van der Waals surface area contributed by atoms with Crippen molar-refractivity contribution in [2.45, 2.75) is 44.6 Å². The average Bonchev–Trinajstić information content (AvgIpc) is 2.57. The molecule has 0 saturated heterocycles. The summed E-state index contributed by atoms with van der Waals surface area (Å²) in [6.07, 6.45) is 1.84. The minimum Gasteiger partial charge on any atom is -0.452 e. The van der Waals surface area contributed by atoms with Crippen LogP contribution in [0.15, 0.2) is 29.2 Å². The van der Waals surface area contributed by atoms with E-state index in [2.05, 4.69) is 19.2 Å². The number of sulfonamides is 1. The van der Waals surface area contributed by atoms with Gasteiger partial charge >= 0.3 is 5.97 Å². The van der Waals surface area contributed by atoms with Gasteiger partial charge in [0, 0.05) is 20.1 Å². The number of nitrogens with one attached hydrogen (secondary N) is 1. The quantitative estimate of drug-likeness (QED) is 0.658. The largest absolute Gasteiger partial charge is 0.452 e. The summed E-state index contributed by atoms with van der Waals surface area (Å²) in [5, 5.41) is 2.77. The van der Waals surface area contributed by atoms with Gasteiger partial charge < -0.3 is 10.1 Å². The van der Waals surface area contributed by atoms with Crippen molar-refractivity contribution in [2.24, 2.45) is 5.92 Å². The molecule has 26 heavy (non-hydrogen) atoms. The van der Waals surface area contributed by atoms with Gasteiger partial charge in [-0.25, -0.2) is 17.5 Å². The third kappa shape index (κ3) is 6.76. The van der Waals surface area contributed by atoms with Crippen molar-refractivity contribution in [3.05, 3.63) is 29.8 Å². The van der Waals surface area contributed by atoms with E-state index < -0.39 is 22.6 Å². The first-order chi connectivity index (χ1) is 12.0. The van der Waals surface area contributed by atoms with E-state index in [0.717, 1.165) is 17.1 Å². The fourth-order valence-corrected chi connectivity index (χ4v) is 3.13. The summed E-state index contributed by atoms with van der Waals surface area (Å²) >= 11 is 0. The molecule has 146 valence electrons. The minimum atomic E-state index is -3.65. The van der Waals surface area contributed by atoms with Crippen molar-refractivity contribution >= 4 is 21.9 Å². The Morgan fingerprint density at radius 1 is 1.15 bits per heavy atom. The molecule has 0 aliphatic heterocycles. The molecule has 0 aromatic heterocycles. The predicted molar refractivity (Wildman–Crippen MR) is 99.3 cm³/mol. The maximum Gasteiger partial charge on any atom is 0.338 e. The number of nitrogens with zero attached hydrogens (tertiary/aromatic N) is 1. The van der Waals surface area contributed by atoms with Crippen LogP contribution in [-0.2, 0) is 19.6 Å². The van der Waals surface area contributed by atoms with Gasteiger partial charge in [0.25, 0.3) is 5.91 Å². The fraction of sp³-hybridized carbons (Fsp3) is 0.556. The van der Waals surface area contributed by atoms with E-state index in [1.165, 1.54) is 38.4 Å². The highest BCUT2D eigenvalue weighted by molar-refractivity contribution is 7.89. The Bertz CT molecular complexity index is 729. The maximum absolute atomic E-state index is 12.1. The van der Waals surface area contributed by atoms with E-state index in [9.17, 15) is 18.0 Å². The summed E-state index contributed by atoms with van der Waals surface area (Å²) in [5.41, 5.74) is 0.0774. The van der Waals surface area contributed by atoms with E-state index in [1.54, 1.807) is 0 Å². The molecule has 8 heteroatoms. The lowest BCUT2D eigenvalue weighted by Crippen LogP contribution is -2.36. The monoisotopic (exact) mass is 384 g/mol. The van der Waals surface area contributed by atoms with Gasteiger partial charge in [0.05, 0.1) is 10.5 Å². The first-order valence-corrected chi connectivity index (χ1v) is 9.97. The average molecular weight is 384 g/mol. The molecule has 7 nitrogen and oxygen atoms in total. The normalized spacial score (nSPS) is 12.9. The number of amides is 1. The second kappa shape index (κ2) is 9.68. The summed E-state index contributed by atoms with van der Waals surface area (Å²) in [6.45, 7) is 5.72. The first kappa shape index (κ1) is 22.1. The van der Waals surface area contributed by atoms with E-state index in [1.807, 2.05) is 6.92 Å². The third-order valence-corrected chi connectivity index (χ3v) is 5.58. The Kier molecular flexibility index (Phi) is 8.23. The van der Waals surface area contributed by atoms with Crippen LogP contribution in [0.4, 0.5) is 0 Å². The lowest BCUT2D eigenvalue weighted by molar-refractivity contribution is -0.124. The molecule has 0 aliphatic carbocycles. The molecule has 0 heterocycles. The van der Waals surface area contributed by atoms with Crippen LogP contribution in [0.3, 0.4) is 0 Å². The Labute approximate surface area is 155 Å². The summed E-state index contributed by atoms with van der Waals surface area (Å²) in [6, 6.07) is 5.54. The maximum atomic E-state index is 12.1. The zero-order chi connectivity index (χ0) is 19.9. The SMILES string of the molecule is CC(C)CC[C@H](C)NC(=O)COC(=O)c1cccc(S(=O)(=O)N(C)C)c1. The van der Waals surface area contributed by atoms with Gasteiger partial charge in [0.2, 0.25) is 10.0 Å². The molecule has 0 radical (unpaired) electrons. The molecule has 0 saturated carbocycles. The minimum absolute atomic E-state index is 0.00263. The third-order valence-electron chi connectivity index (χ3n) is 3.77. The van der Waals surface area contributed by atoms with E-state index in [4.69, 9.17) is 4.74 Å². The molecule has 1 aromatic rings. The second-order valence-electron chi connectivity index (χ2n) is 6.83. The van der Waals surface area contributed by atoms with E-state index in [0.29, 0.717) is 5.92 Å². The van der Waals surface area contributed by atoms with Gasteiger partial charge in [-0.05, 0) is 43.9 Å². The van der Waals surface area contributed by atoms with Crippen molar-refractivity contribution in [1.82, 2.24) is 9.62 Å². The van der Waals surface area contributed by atoms with Crippen LogP contribution in [0, 0.1) is 5.92 Å². The summed E-state index contributed by atoms with van der Waals surface area (Å²) in [4.78, 5) is 23.9. The number of rotatable bonds is 9. The number of hydrogen-bond acceptors (Lipinski definition) is 5. The van der Waals surface area contributed by atoms with Crippen molar-refractivity contribution in [1.29, 1.82) is 0 Å². The van der Waals surface area contributed by atoms with E-state index in [-0.39, 0.29) is 22.4 Å². The van der Waals surface area contributed by atoms with Crippen LogP contribution in [0.1, 0.15) is 44.0 Å². The number of carbonyl (C=O) groups excluding carboxylic acids is 2. The highest BCUT2D eigenvalue weighted by Crippen LogP contribution is 2.15. The Hall–Kier alpha value is -1.93. The molecule has 1 atom stereocenters. The highest BCUT2D eigenvalue weighted by atomic mass is 32.2. The van der Waals surface area contributed by atoms with Gasteiger partial charge in [0.1, 0.15) is 0 Å². The molecule has 0 fully saturated rings. The molecule has 0 aliphatic rings. The zero-order valence-corrected chi connectivity index (χ0v) is 16.8. The Morgan fingerprint density at radius 3 is 2.38 bits per heavy atom. The summed E-state index contributed by atoms with van der Waals surface area (Å²) < 4.78 is 30.3. The molecular formula is C18H28N2O5S. The van der Waals surface area contributed by atoms with Crippen LogP contribution in [0.25, 0.3) is 0 Å². The topological polar surface area (TPSA) is 92.8 Å². The number of ether oxygens (including phenoxy) is 1. The van der Waals surface area contributed by atoms with Gasteiger partial charge in [-0.2, -0.15) is 0 Å². The van der Waals surface area contributed by atoms with Crippen LogP contribution in [0.5, 0.6) is 0 Å². The molecule has 1 rings (SSSR count). The van der Waals surface area contributed by atoms with Crippen molar-refractivity contribution in [3.63, 3.8) is 0 Å². The molecule has 0 bridgehead atoms. The van der Waals surface area contributed by atoms with E-state index >= 15 is 0 Å². The molecule has 1 amide bonds. The molecular weight excluding hydrogens is 356 g/mol. The summed E-state index contributed by atoms with van der Waals surface area (Å²) in [7, 11) is -0.832. The standard InChI is InChI=1S/C18H28N2O5S/c1-13(2)9-10-14(3)19-17(21)12-25-18(22)15-7-6-8-16(11-15)26(23,24)20(4)5/h6-8,11,13-14H,9-10,12H2,1-5H3,(H,19,21)/t14-/m0/s1. The molecule has 0 unspecified atom stereocenters. The number of esters is 1.